The van der Waals surface area contributed by atoms with Crippen LogP contribution in [-0.2, 0) is 30.5 Å². The molecule has 0 aliphatic heterocycles. The van der Waals surface area contributed by atoms with Gasteiger partial charge in [0.15, 0.2) is 0 Å². The lowest BCUT2D eigenvalue weighted by molar-refractivity contribution is -0.166. The fraction of sp³-hybridized carbons (Fsp3) is 0.127. The van der Waals surface area contributed by atoms with Crippen molar-refractivity contribution in [3.05, 3.63) is 235 Å². The van der Waals surface area contributed by atoms with Crippen LogP contribution < -0.4 is 0 Å². The minimum absolute atomic E-state index is 0.356. The van der Waals surface area contributed by atoms with Crippen LogP contribution in [0.3, 0.4) is 0 Å². The summed E-state index contributed by atoms with van der Waals surface area (Å²) < 4.78 is 0. The molecule has 3 atom stereocenters. The van der Waals surface area contributed by atoms with E-state index in [0.29, 0.717) is 41.5 Å². The maximum absolute atomic E-state index is 13.4. The predicted molar refractivity (Wildman–Crippen MR) is 246 cm³/mol. The molecule has 59 heavy (non-hydrogen) atoms. The number of hydrogen-bond acceptors (Lipinski definition) is 4. The zero-order valence-corrected chi connectivity index (χ0v) is 33.1. The van der Waals surface area contributed by atoms with Gasteiger partial charge in [0.2, 0.25) is 0 Å². The Balaban J connectivity index is 1.33. The van der Waals surface area contributed by atoms with Gasteiger partial charge in [0.25, 0.3) is 0 Å². The van der Waals surface area contributed by atoms with Crippen LogP contribution >= 0.6 is 0 Å². The first kappa shape index (κ1) is 39.4. The van der Waals surface area contributed by atoms with E-state index < -0.39 is 23.4 Å². The van der Waals surface area contributed by atoms with E-state index in [-0.39, 0.29) is 0 Å². The first-order valence-corrected chi connectivity index (χ1v) is 20.0. The molecule has 8 rings (SSSR count). The number of benzene rings is 8. The molecule has 4 heteroatoms. The topological polar surface area (TPSA) is 80.9 Å². The van der Waals surface area contributed by atoms with Crippen LogP contribution in [0.5, 0.6) is 0 Å². The summed E-state index contributed by atoms with van der Waals surface area (Å²) in [6.45, 7) is 15.6. The monoisotopic (exact) mass is 772 g/mol. The Morgan fingerprint density at radius 2 is 0.644 bits per heavy atom. The summed E-state index contributed by atoms with van der Waals surface area (Å²) in [4.78, 5) is 0. The molecule has 0 saturated carbocycles. The molecule has 0 spiro atoms. The molecule has 0 heterocycles. The van der Waals surface area contributed by atoms with E-state index in [4.69, 9.17) is 0 Å². The van der Waals surface area contributed by atoms with E-state index in [1.165, 1.54) is 0 Å². The standard InChI is InChI=1S/C55H48O4/c1-5-9-37-13-17-45-33-49(25-21-41(45)29-37)54(58,48-24-20-40-28-36(8-4)12-16-44(40)32-48)52(56)53(57)55(59,50-26-22-42-30-38(10-6-2)14-18-46(42)34-50)51-27-23-43-31-39(11-7-3)15-19-47(43)35-51/h5-8,12-35,52-53,56-59H,1-4,9-11H2. The summed E-state index contributed by atoms with van der Waals surface area (Å²) >= 11 is 0. The van der Waals surface area contributed by atoms with E-state index >= 15 is 0 Å². The molecule has 0 aromatic heterocycles. The first-order valence-electron chi connectivity index (χ1n) is 20.0. The largest absolute Gasteiger partial charge is 0.387 e. The van der Waals surface area contributed by atoms with Crippen LogP contribution in [-0.4, -0.2) is 32.6 Å². The molecule has 4 nitrogen and oxygen atoms in total. The maximum atomic E-state index is 13.4. The van der Waals surface area contributed by atoms with Gasteiger partial charge in [-0.1, -0.05) is 146 Å². The van der Waals surface area contributed by atoms with Gasteiger partial charge < -0.3 is 20.4 Å². The summed E-state index contributed by atoms with van der Waals surface area (Å²) in [6, 6.07) is 46.3. The average Bonchev–Trinajstić information content (AvgIpc) is 3.27. The summed E-state index contributed by atoms with van der Waals surface area (Å²) in [7, 11) is 0. The highest BCUT2D eigenvalue weighted by Crippen LogP contribution is 2.44. The normalized spacial score (nSPS) is 13.9. The third kappa shape index (κ3) is 7.22. The number of fused-ring (bicyclic) bond motifs is 4. The third-order valence-corrected chi connectivity index (χ3v) is 11.9. The van der Waals surface area contributed by atoms with Gasteiger partial charge in [-0.2, -0.15) is 0 Å². The lowest BCUT2D eigenvalue weighted by Gasteiger charge is -2.43. The van der Waals surface area contributed by atoms with Gasteiger partial charge >= 0.3 is 0 Å². The Labute approximate surface area is 345 Å². The van der Waals surface area contributed by atoms with Crippen molar-refractivity contribution in [2.24, 2.45) is 0 Å². The second-order valence-electron chi connectivity index (χ2n) is 15.6. The van der Waals surface area contributed by atoms with Gasteiger partial charge in [0, 0.05) is 0 Å². The number of hydrogen-bond donors (Lipinski definition) is 4. The second-order valence-corrected chi connectivity index (χ2v) is 15.6. The number of allylic oxidation sites excluding steroid dienone is 3. The summed E-state index contributed by atoms with van der Waals surface area (Å²) in [5.74, 6) is 0. The Morgan fingerprint density at radius 1 is 0.373 bits per heavy atom. The molecule has 0 radical (unpaired) electrons. The second kappa shape index (κ2) is 16.1. The van der Waals surface area contributed by atoms with Gasteiger partial charge in [-0.05, 0) is 137 Å². The molecule has 3 unspecified atom stereocenters. The summed E-state index contributed by atoms with van der Waals surface area (Å²) in [5, 5.41) is 59.6. The van der Waals surface area contributed by atoms with Crippen LogP contribution in [0.25, 0.3) is 49.2 Å². The van der Waals surface area contributed by atoms with Crippen LogP contribution in [0.15, 0.2) is 190 Å². The fourth-order valence-corrected chi connectivity index (χ4v) is 8.58. The summed E-state index contributed by atoms with van der Waals surface area (Å²) in [6.07, 6.45) is 5.59. The Morgan fingerprint density at radius 3 is 0.949 bits per heavy atom. The highest BCUT2D eigenvalue weighted by Gasteiger charge is 2.52. The molecule has 0 fully saturated rings. The van der Waals surface area contributed by atoms with Gasteiger partial charge in [-0.25, -0.2) is 0 Å². The number of rotatable bonds is 14. The van der Waals surface area contributed by atoms with Crippen LogP contribution in [0.2, 0.25) is 0 Å². The van der Waals surface area contributed by atoms with E-state index in [9.17, 15) is 20.4 Å². The van der Waals surface area contributed by atoms with Crippen molar-refractivity contribution in [2.75, 3.05) is 0 Å². The minimum Gasteiger partial charge on any atom is -0.387 e. The fourth-order valence-electron chi connectivity index (χ4n) is 8.58. The van der Waals surface area contributed by atoms with Crippen molar-refractivity contribution >= 4 is 49.2 Å². The maximum Gasteiger partial charge on any atom is 0.143 e. The van der Waals surface area contributed by atoms with Gasteiger partial charge in [0.1, 0.15) is 23.4 Å². The van der Waals surface area contributed by atoms with Gasteiger partial charge in [-0.15, -0.1) is 19.7 Å². The van der Waals surface area contributed by atoms with Crippen molar-refractivity contribution in [2.45, 2.75) is 42.7 Å². The van der Waals surface area contributed by atoms with Crippen molar-refractivity contribution in [1.82, 2.24) is 0 Å². The van der Waals surface area contributed by atoms with Crippen molar-refractivity contribution in [3.8, 4) is 0 Å². The molecule has 8 aromatic rings. The average molecular weight is 773 g/mol. The van der Waals surface area contributed by atoms with E-state index in [1.54, 1.807) is 30.3 Å². The van der Waals surface area contributed by atoms with Crippen LogP contribution in [0, 0.1) is 0 Å². The Hall–Kier alpha value is -6.40. The quantitative estimate of drug-likeness (QED) is 0.0830. The highest BCUT2D eigenvalue weighted by atomic mass is 16.4. The van der Waals surface area contributed by atoms with Gasteiger partial charge in [0.05, 0.1) is 0 Å². The molecule has 0 aliphatic carbocycles. The lowest BCUT2D eigenvalue weighted by atomic mass is 9.71. The van der Waals surface area contributed by atoms with Crippen molar-refractivity contribution < 1.29 is 20.4 Å². The number of aliphatic hydroxyl groups is 4. The molecular formula is C55H48O4. The van der Waals surface area contributed by atoms with Crippen molar-refractivity contribution in [3.63, 3.8) is 0 Å². The molecule has 292 valence electrons. The molecule has 8 aromatic carbocycles. The Bertz CT molecular complexity index is 2830. The molecule has 4 N–H and O–H groups in total. The molecular weight excluding hydrogens is 725 g/mol. The summed E-state index contributed by atoms with van der Waals surface area (Å²) in [5.41, 5.74) is 1.28. The number of aliphatic hydroxyl groups excluding tert-OH is 2. The first-order chi connectivity index (χ1) is 28.6. The van der Waals surface area contributed by atoms with E-state index in [2.05, 4.69) is 44.5 Å². The molecule has 0 saturated heterocycles. The third-order valence-electron chi connectivity index (χ3n) is 11.9. The molecule has 0 amide bonds. The lowest BCUT2D eigenvalue weighted by Crippen LogP contribution is -2.56. The predicted octanol–water partition coefficient (Wildman–Crippen LogP) is 11.0. The molecule has 0 aliphatic rings. The minimum atomic E-state index is -2.21. The zero-order chi connectivity index (χ0) is 41.3. The zero-order valence-electron chi connectivity index (χ0n) is 33.1. The van der Waals surface area contributed by atoms with Gasteiger partial charge in [-0.3, -0.25) is 0 Å². The SMILES string of the molecule is C=CCc1ccc2cc(C(O)(c3ccc4cc(C=C)ccc4c3)C(O)C(O)C(O)(c3ccc4cc(CC=C)ccc4c3)c3ccc4cc(CC=C)ccc4c3)ccc2c1. The Kier molecular flexibility index (Phi) is 10.8. The van der Waals surface area contributed by atoms with Crippen LogP contribution in [0.4, 0.5) is 0 Å². The van der Waals surface area contributed by atoms with Crippen molar-refractivity contribution in [1.29, 1.82) is 0 Å². The van der Waals surface area contributed by atoms with E-state index in [1.807, 2.05) is 121 Å². The van der Waals surface area contributed by atoms with E-state index in [0.717, 1.165) is 65.3 Å². The van der Waals surface area contributed by atoms with Crippen LogP contribution in [0.1, 0.15) is 44.5 Å². The molecule has 0 bridgehead atoms. The highest BCUT2D eigenvalue weighted by molar-refractivity contribution is 5.88. The smallest absolute Gasteiger partial charge is 0.143 e.